The number of hydrogen-bond donors (Lipinski definition) is 1. The van der Waals surface area contributed by atoms with Crippen LogP contribution in [0.25, 0.3) is 0 Å². The first-order chi connectivity index (χ1) is 14.1. The Kier molecular flexibility index (Phi) is 7.67. The topological polar surface area (TPSA) is 58.6 Å². The lowest BCUT2D eigenvalue weighted by atomic mass is 10.0. The molecule has 3 rings (SSSR count). The summed E-state index contributed by atoms with van der Waals surface area (Å²) in [4.78, 5) is 27.7. The Morgan fingerprint density at radius 3 is 2.52 bits per heavy atom. The molecular formula is C23H27ClN2O3. The van der Waals surface area contributed by atoms with Crippen molar-refractivity contribution in [1.82, 2.24) is 10.2 Å². The molecule has 1 saturated heterocycles. The second-order valence-electron chi connectivity index (χ2n) is 7.20. The van der Waals surface area contributed by atoms with E-state index in [4.69, 9.17) is 16.3 Å². The van der Waals surface area contributed by atoms with Gasteiger partial charge >= 0.3 is 0 Å². The normalized spacial score (nSPS) is 17.0. The van der Waals surface area contributed by atoms with Gasteiger partial charge in [-0.1, -0.05) is 61.0 Å². The molecule has 0 radical (unpaired) electrons. The number of halogens is 1. The minimum atomic E-state index is -0.708. The minimum absolute atomic E-state index is 0.0435. The van der Waals surface area contributed by atoms with Crippen molar-refractivity contribution in [1.29, 1.82) is 0 Å². The summed E-state index contributed by atoms with van der Waals surface area (Å²) in [5, 5.41) is 3.63. The van der Waals surface area contributed by atoms with Crippen LogP contribution in [-0.2, 0) is 20.9 Å². The molecule has 6 heteroatoms. The maximum atomic E-state index is 13.2. The molecule has 154 valence electrons. The zero-order valence-corrected chi connectivity index (χ0v) is 17.4. The maximum Gasteiger partial charge on any atom is 0.247 e. The van der Waals surface area contributed by atoms with Crippen LogP contribution < -0.4 is 5.32 Å². The van der Waals surface area contributed by atoms with Crippen molar-refractivity contribution in [3.05, 3.63) is 70.7 Å². The summed E-state index contributed by atoms with van der Waals surface area (Å²) in [7, 11) is 0. The molecule has 0 aliphatic carbocycles. The van der Waals surface area contributed by atoms with Crippen molar-refractivity contribution in [3.63, 3.8) is 0 Å². The van der Waals surface area contributed by atoms with Crippen LogP contribution in [0.2, 0.25) is 5.02 Å². The maximum absolute atomic E-state index is 13.2. The van der Waals surface area contributed by atoms with Gasteiger partial charge in [0.15, 0.2) is 0 Å². The number of nitrogens with zero attached hydrogens (tertiary/aromatic N) is 1. The van der Waals surface area contributed by atoms with E-state index in [0.29, 0.717) is 24.5 Å². The summed E-state index contributed by atoms with van der Waals surface area (Å²) in [6.45, 7) is 3.33. The van der Waals surface area contributed by atoms with Crippen LogP contribution in [0, 0.1) is 0 Å². The number of rotatable bonds is 8. The summed E-state index contributed by atoms with van der Waals surface area (Å²) in [6, 6.07) is 16.1. The highest BCUT2D eigenvalue weighted by Crippen LogP contribution is 2.25. The number of amides is 2. The van der Waals surface area contributed by atoms with Gasteiger partial charge in [-0.25, -0.2) is 0 Å². The van der Waals surface area contributed by atoms with Gasteiger partial charge in [0.25, 0.3) is 0 Å². The number of nitrogens with one attached hydrogen (secondary N) is 1. The molecule has 1 N–H and O–H groups in total. The molecule has 1 fully saturated rings. The summed E-state index contributed by atoms with van der Waals surface area (Å²) in [5.74, 6) is -0.275. The molecule has 0 aromatic heterocycles. The van der Waals surface area contributed by atoms with E-state index in [2.05, 4.69) is 5.32 Å². The summed E-state index contributed by atoms with van der Waals surface area (Å²) >= 11 is 5.99. The van der Waals surface area contributed by atoms with E-state index in [1.54, 1.807) is 17.0 Å². The van der Waals surface area contributed by atoms with Gasteiger partial charge in [-0.15, -0.1) is 0 Å². The van der Waals surface area contributed by atoms with E-state index >= 15 is 0 Å². The Morgan fingerprint density at radius 1 is 1.17 bits per heavy atom. The van der Waals surface area contributed by atoms with Crippen molar-refractivity contribution in [2.75, 3.05) is 13.2 Å². The molecule has 1 heterocycles. The molecule has 1 aliphatic heterocycles. The molecule has 0 spiro atoms. The summed E-state index contributed by atoms with van der Waals surface area (Å²) in [5.41, 5.74) is 1.71. The molecule has 2 unspecified atom stereocenters. The van der Waals surface area contributed by atoms with Gasteiger partial charge < -0.3 is 15.0 Å². The Morgan fingerprint density at radius 2 is 1.90 bits per heavy atom. The molecule has 5 nitrogen and oxygen atoms in total. The fourth-order valence-electron chi connectivity index (χ4n) is 3.54. The summed E-state index contributed by atoms with van der Waals surface area (Å²) in [6.07, 6.45) is 2.32. The van der Waals surface area contributed by atoms with Crippen LogP contribution in [-0.4, -0.2) is 36.0 Å². The second kappa shape index (κ2) is 10.4. The van der Waals surface area contributed by atoms with Crippen molar-refractivity contribution >= 4 is 23.4 Å². The number of carbonyl (C=O) groups excluding carboxylic acids is 2. The quantitative estimate of drug-likeness (QED) is 0.707. The van der Waals surface area contributed by atoms with E-state index in [0.717, 1.165) is 30.6 Å². The van der Waals surface area contributed by atoms with Crippen LogP contribution >= 0.6 is 11.6 Å². The third kappa shape index (κ3) is 5.81. The molecule has 2 aromatic rings. The van der Waals surface area contributed by atoms with Gasteiger partial charge in [-0.05, 0) is 36.1 Å². The third-order valence-electron chi connectivity index (χ3n) is 5.09. The Labute approximate surface area is 177 Å². The van der Waals surface area contributed by atoms with Crippen molar-refractivity contribution in [3.8, 4) is 0 Å². The van der Waals surface area contributed by atoms with Gasteiger partial charge in [-0.3, -0.25) is 9.59 Å². The van der Waals surface area contributed by atoms with Crippen LogP contribution in [0.4, 0.5) is 0 Å². The molecule has 0 bridgehead atoms. The largest absolute Gasteiger partial charge is 0.376 e. The molecule has 29 heavy (non-hydrogen) atoms. The van der Waals surface area contributed by atoms with Gasteiger partial charge in [0.2, 0.25) is 11.8 Å². The van der Waals surface area contributed by atoms with Crippen molar-refractivity contribution in [2.45, 2.75) is 44.9 Å². The lowest BCUT2D eigenvalue weighted by molar-refractivity contribution is -0.141. The van der Waals surface area contributed by atoms with Crippen LogP contribution in [0.5, 0.6) is 0 Å². The van der Waals surface area contributed by atoms with Crippen molar-refractivity contribution in [2.24, 2.45) is 0 Å². The fraction of sp³-hybridized carbons (Fsp3) is 0.391. The highest BCUT2D eigenvalue weighted by Gasteiger charge is 2.31. The zero-order valence-electron chi connectivity index (χ0n) is 16.6. The number of hydrogen-bond acceptors (Lipinski definition) is 3. The van der Waals surface area contributed by atoms with E-state index in [9.17, 15) is 9.59 Å². The van der Waals surface area contributed by atoms with Gasteiger partial charge in [0, 0.05) is 31.1 Å². The first kappa shape index (κ1) is 21.3. The molecule has 1 aliphatic rings. The molecule has 2 amide bonds. The zero-order chi connectivity index (χ0) is 20.6. The standard InChI is InChI=1S/C23H27ClN2O3/c1-2-21(27)26(16-17-10-12-19(24)13-11-17)22(18-7-4-3-5-8-18)23(28)25-15-20-9-6-14-29-20/h3-5,7-8,10-13,20,22H,2,6,9,14-16H2,1H3,(H,25,28). The molecule has 2 atom stereocenters. The first-order valence-corrected chi connectivity index (χ1v) is 10.4. The smallest absolute Gasteiger partial charge is 0.247 e. The number of ether oxygens (including phenoxy) is 1. The van der Waals surface area contributed by atoms with E-state index in [1.807, 2.05) is 49.4 Å². The van der Waals surface area contributed by atoms with Crippen LogP contribution in [0.15, 0.2) is 54.6 Å². The van der Waals surface area contributed by atoms with Gasteiger partial charge in [-0.2, -0.15) is 0 Å². The SMILES string of the molecule is CCC(=O)N(Cc1ccc(Cl)cc1)C(C(=O)NCC1CCCO1)c1ccccc1. The fourth-order valence-corrected chi connectivity index (χ4v) is 3.66. The van der Waals surface area contributed by atoms with E-state index in [1.165, 1.54) is 0 Å². The van der Waals surface area contributed by atoms with Crippen LogP contribution in [0.3, 0.4) is 0 Å². The Balaban J connectivity index is 1.86. The Bertz CT molecular complexity index is 805. The number of benzene rings is 2. The lowest BCUT2D eigenvalue weighted by Crippen LogP contribution is -2.44. The van der Waals surface area contributed by atoms with Crippen molar-refractivity contribution < 1.29 is 14.3 Å². The predicted octanol–water partition coefficient (Wildman–Crippen LogP) is 4.12. The third-order valence-corrected chi connectivity index (χ3v) is 5.34. The molecule has 2 aromatic carbocycles. The van der Waals surface area contributed by atoms with E-state index in [-0.39, 0.29) is 17.9 Å². The van der Waals surface area contributed by atoms with Crippen LogP contribution in [0.1, 0.15) is 43.4 Å². The average molecular weight is 415 g/mol. The lowest BCUT2D eigenvalue weighted by Gasteiger charge is -2.31. The molecular weight excluding hydrogens is 388 g/mol. The Hall–Kier alpha value is -2.37. The first-order valence-electron chi connectivity index (χ1n) is 10.1. The molecule has 0 saturated carbocycles. The monoisotopic (exact) mass is 414 g/mol. The van der Waals surface area contributed by atoms with Gasteiger partial charge in [0.05, 0.1) is 6.10 Å². The highest BCUT2D eigenvalue weighted by molar-refractivity contribution is 6.30. The van der Waals surface area contributed by atoms with Gasteiger partial charge in [0.1, 0.15) is 6.04 Å². The highest BCUT2D eigenvalue weighted by atomic mass is 35.5. The summed E-state index contributed by atoms with van der Waals surface area (Å²) < 4.78 is 5.62. The predicted molar refractivity (Wildman–Crippen MR) is 113 cm³/mol. The minimum Gasteiger partial charge on any atom is -0.376 e. The van der Waals surface area contributed by atoms with E-state index < -0.39 is 6.04 Å². The average Bonchev–Trinajstić information content (AvgIpc) is 3.27. The number of carbonyl (C=O) groups is 2. The second-order valence-corrected chi connectivity index (χ2v) is 7.63.